The van der Waals surface area contributed by atoms with Gasteiger partial charge in [0.2, 0.25) is 0 Å². The summed E-state index contributed by atoms with van der Waals surface area (Å²) in [6.07, 6.45) is 0. The minimum absolute atomic E-state index is 0.310. The zero-order valence-electron chi connectivity index (χ0n) is 19.0. The number of nitrogens with one attached hydrogen (secondary N) is 2. The van der Waals surface area contributed by atoms with Gasteiger partial charge in [0.25, 0.3) is 11.8 Å². The highest BCUT2D eigenvalue weighted by Gasteiger charge is 2.07. The molecule has 0 spiro atoms. The fourth-order valence-electron chi connectivity index (χ4n) is 2.79. The molecule has 4 aromatic carbocycles. The highest BCUT2D eigenvalue weighted by atomic mass is 35.5. The van der Waals surface area contributed by atoms with E-state index in [0.717, 1.165) is 11.1 Å². The minimum atomic E-state index is -0.347. The van der Waals surface area contributed by atoms with Crippen LogP contribution in [0.1, 0.15) is 31.8 Å². The van der Waals surface area contributed by atoms with Gasteiger partial charge in [-0.15, -0.1) is 10.2 Å². The molecule has 6 nitrogen and oxygen atoms in total. The van der Waals surface area contributed by atoms with E-state index in [1.54, 1.807) is 48.5 Å². The smallest absolute Gasteiger partial charge is 0.267 e. The molecule has 0 radical (unpaired) electrons. The second kappa shape index (κ2) is 14.2. The normalized spacial score (nSPS) is 11.1. The molecular formula is C28H22Cl2N4O2. The Hall–Kier alpha value is -4.26. The van der Waals surface area contributed by atoms with Crippen molar-refractivity contribution in [3.05, 3.63) is 144 Å². The molecule has 4 aromatic rings. The van der Waals surface area contributed by atoms with Gasteiger partial charge < -0.3 is 0 Å². The molecule has 0 atom stereocenters. The van der Waals surface area contributed by atoms with Crippen LogP contribution in [0.25, 0.3) is 0 Å². The van der Waals surface area contributed by atoms with Crippen LogP contribution < -0.4 is 10.9 Å². The number of halogens is 2. The third-order valence-electron chi connectivity index (χ3n) is 4.61. The SMILES string of the molecule is Cl/C(=N\N=C(/Cl)c1ccccc1)c1ccccc1.O=C(NNC(=O)c1ccccc1)c1ccccc1. The van der Waals surface area contributed by atoms with Gasteiger partial charge >= 0.3 is 0 Å². The Labute approximate surface area is 219 Å². The molecule has 0 aliphatic carbocycles. The summed E-state index contributed by atoms with van der Waals surface area (Å²) in [5, 5.41) is 8.44. The molecule has 2 N–H and O–H groups in total. The standard InChI is InChI=1S/C14H10Cl2N2.C14H12N2O2/c15-13(11-7-3-1-4-8-11)17-18-14(16)12-9-5-2-6-10-12;17-13(11-7-3-1-4-8-11)15-16-14(18)12-9-5-2-6-10-12/h1-10H;1-10H,(H,15,17)(H,16,18)/b17-13-,18-14-;. The number of carbonyl (C=O) groups excluding carboxylic acids is 2. The Bertz CT molecular complexity index is 1210. The van der Waals surface area contributed by atoms with E-state index in [-0.39, 0.29) is 11.8 Å². The van der Waals surface area contributed by atoms with Gasteiger partial charge in [-0.1, -0.05) is 120 Å². The molecule has 0 saturated carbocycles. The van der Waals surface area contributed by atoms with Crippen molar-refractivity contribution in [3.63, 3.8) is 0 Å². The number of nitrogens with zero attached hydrogens (tertiary/aromatic N) is 2. The Balaban J connectivity index is 0.000000201. The second-order valence-electron chi connectivity index (χ2n) is 7.15. The highest BCUT2D eigenvalue weighted by Crippen LogP contribution is 2.08. The molecule has 2 amide bonds. The van der Waals surface area contributed by atoms with Gasteiger partial charge in [-0.25, -0.2) is 0 Å². The van der Waals surface area contributed by atoms with Crippen molar-refractivity contribution in [2.45, 2.75) is 0 Å². The van der Waals surface area contributed by atoms with Crippen LogP contribution in [0.4, 0.5) is 0 Å². The van der Waals surface area contributed by atoms with Crippen molar-refractivity contribution in [2.24, 2.45) is 10.2 Å². The summed E-state index contributed by atoms with van der Waals surface area (Å²) < 4.78 is 0. The monoisotopic (exact) mass is 516 g/mol. The Morgan fingerprint density at radius 3 is 0.972 bits per heavy atom. The highest BCUT2D eigenvalue weighted by molar-refractivity contribution is 6.71. The Morgan fingerprint density at radius 2 is 0.694 bits per heavy atom. The van der Waals surface area contributed by atoms with Gasteiger partial charge in [0, 0.05) is 22.3 Å². The van der Waals surface area contributed by atoms with Crippen LogP contribution in [0.5, 0.6) is 0 Å². The number of hydrogen-bond donors (Lipinski definition) is 2. The molecule has 0 heterocycles. The number of carbonyl (C=O) groups is 2. The summed E-state index contributed by atoms with van der Waals surface area (Å²) in [7, 11) is 0. The van der Waals surface area contributed by atoms with E-state index in [1.807, 2.05) is 72.8 Å². The molecule has 36 heavy (non-hydrogen) atoms. The summed E-state index contributed by atoms with van der Waals surface area (Å²) in [5.74, 6) is -0.695. The minimum Gasteiger partial charge on any atom is -0.267 e. The summed E-state index contributed by atoms with van der Waals surface area (Å²) in [4.78, 5) is 23.3. The maximum absolute atomic E-state index is 11.7. The molecular weight excluding hydrogens is 495 g/mol. The molecule has 0 unspecified atom stereocenters. The van der Waals surface area contributed by atoms with Crippen molar-refractivity contribution in [1.29, 1.82) is 0 Å². The summed E-state index contributed by atoms with van der Waals surface area (Å²) in [6.45, 7) is 0. The maximum atomic E-state index is 11.7. The van der Waals surface area contributed by atoms with Crippen LogP contribution in [0, 0.1) is 0 Å². The van der Waals surface area contributed by atoms with Gasteiger partial charge in [0.05, 0.1) is 0 Å². The molecule has 0 aliphatic heterocycles. The molecule has 4 rings (SSSR count). The summed E-state index contributed by atoms with van der Waals surface area (Å²) in [6, 6.07) is 36.1. The largest absolute Gasteiger partial charge is 0.269 e. The van der Waals surface area contributed by atoms with E-state index in [0.29, 0.717) is 21.5 Å². The lowest BCUT2D eigenvalue weighted by Gasteiger charge is -2.07. The predicted molar refractivity (Wildman–Crippen MR) is 145 cm³/mol. The average Bonchev–Trinajstić information content (AvgIpc) is 2.96. The van der Waals surface area contributed by atoms with Gasteiger partial charge in [0.1, 0.15) is 0 Å². The quantitative estimate of drug-likeness (QED) is 0.250. The first-order valence-corrected chi connectivity index (χ1v) is 11.6. The van der Waals surface area contributed by atoms with Crippen molar-refractivity contribution in [3.8, 4) is 0 Å². The number of hydrogen-bond acceptors (Lipinski definition) is 4. The number of rotatable bonds is 5. The van der Waals surface area contributed by atoms with Crippen LogP contribution in [0.2, 0.25) is 0 Å². The van der Waals surface area contributed by atoms with E-state index >= 15 is 0 Å². The van der Waals surface area contributed by atoms with Crippen LogP contribution in [-0.4, -0.2) is 22.2 Å². The van der Waals surface area contributed by atoms with E-state index in [2.05, 4.69) is 21.1 Å². The maximum Gasteiger partial charge on any atom is 0.269 e. The van der Waals surface area contributed by atoms with E-state index < -0.39 is 0 Å². The van der Waals surface area contributed by atoms with Crippen molar-refractivity contribution in [1.82, 2.24) is 10.9 Å². The topological polar surface area (TPSA) is 82.9 Å². The summed E-state index contributed by atoms with van der Waals surface area (Å²) in [5.41, 5.74) is 7.31. The molecule has 0 saturated heterocycles. The van der Waals surface area contributed by atoms with Crippen LogP contribution in [0.15, 0.2) is 132 Å². The molecule has 0 aromatic heterocycles. The van der Waals surface area contributed by atoms with Crippen molar-refractivity contribution < 1.29 is 9.59 Å². The van der Waals surface area contributed by atoms with E-state index in [1.165, 1.54) is 0 Å². The molecule has 0 fully saturated rings. The lowest BCUT2D eigenvalue weighted by molar-refractivity contribution is 0.0846. The number of hydrazine groups is 1. The first-order valence-electron chi connectivity index (χ1n) is 10.8. The van der Waals surface area contributed by atoms with Crippen molar-refractivity contribution >= 4 is 45.4 Å². The lowest BCUT2D eigenvalue weighted by atomic mass is 10.2. The lowest BCUT2D eigenvalue weighted by Crippen LogP contribution is -2.41. The molecule has 180 valence electrons. The summed E-state index contributed by atoms with van der Waals surface area (Å²) >= 11 is 12.0. The molecule has 8 heteroatoms. The van der Waals surface area contributed by atoms with Gasteiger partial charge in [-0.05, 0) is 24.3 Å². The number of benzene rings is 4. The van der Waals surface area contributed by atoms with Crippen LogP contribution in [0.3, 0.4) is 0 Å². The number of amides is 2. The van der Waals surface area contributed by atoms with Crippen molar-refractivity contribution in [2.75, 3.05) is 0 Å². The third kappa shape index (κ3) is 8.51. The second-order valence-corrected chi connectivity index (χ2v) is 7.87. The van der Waals surface area contributed by atoms with Gasteiger partial charge in [0.15, 0.2) is 10.3 Å². The zero-order chi connectivity index (χ0) is 25.6. The van der Waals surface area contributed by atoms with Gasteiger partial charge in [-0.3, -0.25) is 20.4 Å². The van der Waals surface area contributed by atoms with Crippen LogP contribution >= 0.6 is 23.2 Å². The Morgan fingerprint density at radius 1 is 0.444 bits per heavy atom. The predicted octanol–water partition coefficient (Wildman–Crippen LogP) is 6.03. The van der Waals surface area contributed by atoms with E-state index in [9.17, 15) is 9.59 Å². The molecule has 0 bridgehead atoms. The fraction of sp³-hybridized carbons (Fsp3) is 0. The van der Waals surface area contributed by atoms with Gasteiger partial charge in [-0.2, -0.15) is 0 Å². The van der Waals surface area contributed by atoms with Crippen LogP contribution in [-0.2, 0) is 0 Å². The first-order chi connectivity index (χ1) is 17.5. The fourth-order valence-corrected chi connectivity index (χ4v) is 3.12. The molecule has 0 aliphatic rings. The third-order valence-corrected chi connectivity index (χ3v) is 5.20. The Kier molecular flexibility index (Phi) is 10.4. The zero-order valence-corrected chi connectivity index (χ0v) is 20.5. The average molecular weight is 517 g/mol. The van der Waals surface area contributed by atoms with E-state index in [4.69, 9.17) is 23.2 Å². The first kappa shape index (κ1) is 26.3.